The number of imidazole rings is 1. The van der Waals surface area contributed by atoms with Gasteiger partial charge in [-0.15, -0.1) is 6.32 Å². The number of aromatic nitrogens is 2. The van der Waals surface area contributed by atoms with Crippen LogP contribution in [0.1, 0.15) is 34.6 Å². The third-order valence-electron chi connectivity index (χ3n) is 4.14. The van der Waals surface area contributed by atoms with Crippen molar-refractivity contribution in [3.63, 3.8) is 0 Å². The van der Waals surface area contributed by atoms with E-state index in [1.54, 1.807) is 0 Å². The lowest BCUT2D eigenvalue weighted by molar-refractivity contribution is -0.722. The van der Waals surface area contributed by atoms with Crippen molar-refractivity contribution in [2.75, 3.05) is 19.8 Å². The lowest BCUT2D eigenvalue weighted by atomic mass is 9.72. The second kappa shape index (κ2) is 4.93. The lowest BCUT2D eigenvalue weighted by Gasteiger charge is -2.25. The Balaban J connectivity index is 2.01. The monoisotopic (exact) mass is 306 g/mol. The Morgan fingerprint density at radius 2 is 2.05 bits per heavy atom. The molecule has 0 unspecified atom stereocenters. The molecule has 0 fully saturated rings. The van der Waals surface area contributed by atoms with Crippen LogP contribution in [0.4, 0.5) is 0 Å². The first-order chi connectivity index (χ1) is 10.3. The van der Waals surface area contributed by atoms with Crippen molar-refractivity contribution in [3.05, 3.63) is 0 Å². The van der Waals surface area contributed by atoms with Gasteiger partial charge in [0.1, 0.15) is 24.3 Å². The number of nitrogens with zero attached hydrogens (tertiary/aromatic N) is 2. The van der Waals surface area contributed by atoms with E-state index in [1.165, 1.54) is 0 Å². The molecule has 3 heterocycles. The molecule has 7 heteroatoms. The fraction of sp³-hybridized carbons (Fsp3) is 0.733. The number of carbonyl (C=O) groups is 1. The van der Waals surface area contributed by atoms with E-state index in [-0.39, 0.29) is 23.4 Å². The molecule has 0 saturated heterocycles. The fourth-order valence-electron chi connectivity index (χ4n) is 3.12. The molecule has 1 aromatic rings. The van der Waals surface area contributed by atoms with Crippen LogP contribution < -0.4 is 19.8 Å². The zero-order valence-electron chi connectivity index (χ0n) is 13.9. The topological polar surface area (TPSA) is 53.6 Å². The van der Waals surface area contributed by atoms with E-state index in [4.69, 9.17) is 14.2 Å². The Bertz CT molecular complexity index is 580. The number of carbonyl (C=O) groups excluding carboxylic acids is 1. The van der Waals surface area contributed by atoms with Gasteiger partial charge in [0.15, 0.2) is 0 Å². The summed E-state index contributed by atoms with van der Waals surface area (Å²) in [4.78, 5) is 11.7. The first-order valence-electron chi connectivity index (χ1n) is 7.74. The highest BCUT2D eigenvalue weighted by Gasteiger charge is 2.50. The van der Waals surface area contributed by atoms with E-state index in [0.29, 0.717) is 19.8 Å². The fourth-order valence-corrected chi connectivity index (χ4v) is 3.12. The molecule has 0 atom stereocenters. The van der Waals surface area contributed by atoms with Crippen molar-refractivity contribution in [3.8, 4) is 11.8 Å². The number of hydrogen-bond donors (Lipinski definition) is 0. The smallest absolute Gasteiger partial charge is 0.370 e. The van der Waals surface area contributed by atoms with E-state index in [0.717, 1.165) is 17.5 Å². The minimum atomic E-state index is -0.221. The van der Waals surface area contributed by atoms with Gasteiger partial charge in [0.2, 0.25) is 0 Å². The molecule has 0 aliphatic carbocycles. The van der Waals surface area contributed by atoms with Gasteiger partial charge in [-0.3, -0.25) is 4.79 Å². The van der Waals surface area contributed by atoms with Crippen molar-refractivity contribution in [1.82, 2.24) is 4.57 Å². The van der Waals surface area contributed by atoms with E-state index < -0.39 is 0 Å². The number of rotatable bonds is 4. The minimum absolute atomic E-state index is 0.174. The first-order valence-corrected chi connectivity index (χ1v) is 7.74. The van der Waals surface area contributed by atoms with E-state index in [9.17, 15) is 4.79 Å². The Hall–Kier alpha value is -1.66. The molecule has 0 aromatic carbocycles. The van der Waals surface area contributed by atoms with Crippen LogP contribution in [0, 0.1) is 0 Å². The van der Waals surface area contributed by atoms with Gasteiger partial charge in [-0.2, -0.15) is 7.28 Å². The Morgan fingerprint density at radius 3 is 2.73 bits per heavy atom. The molecule has 0 spiro atoms. The van der Waals surface area contributed by atoms with E-state index in [2.05, 4.69) is 36.8 Å². The zero-order chi connectivity index (χ0) is 16.1. The summed E-state index contributed by atoms with van der Waals surface area (Å²) in [6.07, 6.45) is 0.239. The average molecular weight is 306 g/mol. The summed E-state index contributed by atoms with van der Waals surface area (Å²) in [6.45, 7) is 11.9. The van der Waals surface area contributed by atoms with Crippen LogP contribution in [0.25, 0.3) is 0 Å². The molecule has 0 N–H and O–H groups in total. The normalized spacial score (nSPS) is 20.0. The Labute approximate surface area is 131 Å². The van der Waals surface area contributed by atoms with Gasteiger partial charge in [0.25, 0.3) is 5.97 Å². The Morgan fingerprint density at radius 1 is 1.32 bits per heavy atom. The van der Waals surface area contributed by atoms with Crippen LogP contribution in [-0.2, 0) is 20.6 Å². The van der Waals surface area contributed by atoms with Gasteiger partial charge in [-0.1, -0.05) is 0 Å². The Kier molecular flexibility index (Phi) is 3.42. The maximum atomic E-state index is 11.7. The standard InChI is InChI=1S/C15H23BN2O4/c1-6-20-10(19)7-16-13-17-11(21-8-14(17,2)3)12-18(13)15(4,5)9-22-12/h6-9H2,1-5H3. The predicted molar refractivity (Wildman–Crippen MR) is 81.1 cm³/mol. The lowest BCUT2D eigenvalue weighted by Crippen LogP contribution is -2.64. The van der Waals surface area contributed by atoms with Crippen molar-refractivity contribution in [2.45, 2.75) is 52.0 Å². The quantitative estimate of drug-likeness (QED) is 0.457. The number of fused-ring (bicyclic) bond motifs is 3. The molecule has 22 heavy (non-hydrogen) atoms. The van der Waals surface area contributed by atoms with Gasteiger partial charge in [0, 0.05) is 5.72 Å². The highest BCUT2D eigenvalue weighted by atomic mass is 16.5. The molecule has 0 amide bonds. The molecule has 2 aliphatic rings. The highest BCUT2D eigenvalue weighted by molar-refractivity contribution is 6.54. The highest BCUT2D eigenvalue weighted by Crippen LogP contribution is 2.39. The number of ether oxygens (including phenoxy) is 3. The van der Waals surface area contributed by atoms with Crippen LogP contribution in [0.2, 0.25) is 6.32 Å². The van der Waals surface area contributed by atoms with Crippen LogP contribution in [0.15, 0.2) is 0 Å². The zero-order valence-corrected chi connectivity index (χ0v) is 13.9. The van der Waals surface area contributed by atoms with Crippen molar-refractivity contribution in [1.29, 1.82) is 0 Å². The maximum absolute atomic E-state index is 11.7. The maximum Gasteiger partial charge on any atom is 0.370 e. The van der Waals surface area contributed by atoms with E-state index in [1.807, 2.05) is 14.2 Å². The summed E-state index contributed by atoms with van der Waals surface area (Å²) >= 11 is 0. The van der Waals surface area contributed by atoms with Crippen LogP contribution >= 0.6 is 0 Å². The van der Waals surface area contributed by atoms with Gasteiger partial charge in [-0.25, -0.2) is 9.13 Å². The van der Waals surface area contributed by atoms with Gasteiger partial charge in [-0.05, 0) is 34.6 Å². The summed E-state index contributed by atoms with van der Waals surface area (Å²) in [5, 5.41) is 0. The average Bonchev–Trinajstić information content (AvgIpc) is 3.01. The van der Waals surface area contributed by atoms with Crippen LogP contribution in [0.3, 0.4) is 0 Å². The SMILES string of the molecule is CCOC(=O)C[B-]c1n2c(c3[n+]1C(C)(C)CO3)OCC2(C)C. The summed E-state index contributed by atoms with van der Waals surface area (Å²) in [5.74, 6) is 1.29. The molecular formula is C15H23BN2O4. The second-order valence-corrected chi connectivity index (χ2v) is 7.05. The second-order valence-electron chi connectivity index (χ2n) is 7.05. The first kappa shape index (κ1) is 15.2. The molecule has 2 radical (unpaired) electrons. The summed E-state index contributed by atoms with van der Waals surface area (Å²) < 4.78 is 21.0. The van der Waals surface area contributed by atoms with Crippen LogP contribution in [-0.4, -0.2) is 37.6 Å². The molecule has 2 aliphatic heterocycles. The van der Waals surface area contributed by atoms with Gasteiger partial charge < -0.3 is 14.2 Å². The van der Waals surface area contributed by atoms with Crippen LogP contribution in [0.5, 0.6) is 11.8 Å². The van der Waals surface area contributed by atoms with Gasteiger partial charge in [0.05, 0.1) is 6.61 Å². The van der Waals surface area contributed by atoms with Crippen molar-refractivity contribution < 1.29 is 23.6 Å². The molecule has 6 nitrogen and oxygen atoms in total. The largest absolute Gasteiger partial charge is 0.468 e. The summed E-state index contributed by atoms with van der Waals surface area (Å²) in [6, 6.07) is 0. The molecule has 0 bridgehead atoms. The molecule has 1 aromatic heterocycles. The van der Waals surface area contributed by atoms with Gasteiger partial charge >= 0.3 is 11.8 Å². The third-order valence-corrected chi connectivity index (χ3v) is 4.14. The van der Waals surface area contributed by atoms with Crippen molar-refractivity contribution >= 4 is 19.0 Å². The summed E-state index contributed by atoms with van der Waals surface area (Å²) in [5.41, 5.74) is 0.599. The number of esters is 1. The van der Waals surface area contributed by atoms with E-state index >= 15 is 0 Å². The third kappa shape index (κ3) is 2.18. The molecule has 0 saturated carbocycles. The minimum Gasteiger partial charge on any atom is -0.468 e. The molecular weight excluding hydrogens is 283 g/mol. The molecule has 120 valence electrons. The van der Waals surface area contributed by atoms with Crippen molar-refractivity contribution in [2.24, 2.45) is 0 Å². The predicted octanol–water partition coefficient (Wildman–Crippen LogP) is 0.341. The number of hydrogen-bond acceptors (Lipinski definition) is 4. The summed E-state index contributed by atoms with van der Waals surface area (Å²) in [7, 11) is 1.91. The molecule has 3 rings (SSSR count).